The fourth-order valence-electron chi connectivity index (χ4n) is 1.20. The third kappa shape index (κ3) is 3.04. The van der Waals surface area contributed by atoms with Gasteiger partial charge in [-0.25, -0.2) is 0 Å². The van der Waals surface area contributed by atoms with Crippen LogP contribution >= 0.6 is 0 Å². The minimum Gasteiger partial charge on any atom is -0.358 e. The topological polar surface area (TPSA) is 90.1 Å². The fraction of sp³-hybridized carbons (Fsp3) is 0.556. The van der Waals surface area contributed by atoms with Gasteiger partial charge in [-0.05, 0) is 18.3 Å². The summed E-state index contributed by atoms with van der Waals surface area (Å²) in [5.74, 6) is -0.427. The van der Waals surface area contributed by atoms with Crippen molar-refractivity contribution in [3.63, 3.8) is 0 Å². The molecule has 0 fully saturated rings. The molecule has 7 nitrogen and oxygen atoms in total. The quantitative estimate of drug-likeness (QED) is 0.588. The lowest BCUT2D eigenvalue weighted by Crippen LogP contribution is -2.28. The smallest absolute Gasteiger partial charge is 0.358 e. The van der Waals surface area contributed by atoms with Crippen LogP contribution in [-0.4, -0.2) is 27.2 Å². The predicted octanol–water partition coefficient (Wildman–Crippen LogP) is 0.626. The highest BCUT2D eigenvalue weighted by atomic mass is 16.6. The Labute approximate surface area is 92.6 Å². The predicted molar refractivity (Wildman–Crippen MR) is 56.9 cm³/mol. The molecule has 0 bridgehead atoms. The number of hydrogen-bond acceptors (Lipinski definition) is 4. The number of carbonyl (C=O) groups is 1. The van der Waals surface area contributed by atoms with Crippen molar-refractivity contribution < 1.29 is 9.72 Å². The van der Waals surface area contributed by atoms with Crippen LogP contribution in [0.1, 0.15) is 19.0 Å². The second-order valence-electron chi connectivity index (χ2n) is 3.41. The van der Waals surface area contributed by atoms with Gasteiger partial charge in [0.25, 0.3) is 0 Å². The molecule has 7 heteroatoms. The zero-order valence-electron chi connectivity index (χ0n) is 9.27. The highest BCUT2D eigenvalue weighted by molar-refractivity contribution is 5.75. The minimum absolute atomic E-state index is 0.0136. The molecule has 88 valence electrons. The van der Waals surface area contributed by atoms with Gasteiger partial charge < -0.3 is 15.4 Å². The Morgan fingerprint density at radius 2 is 2.38 bits per heavy atom. The summed E-state index contributed by atoms with van der Waals surface area (Å²) < 4.78 is 1.32. The van der Waals surface area contributed by atoms with Crippen molar-refractivity contribution in [2.24, 2.45) is 0 Å². The van der Waals surface area contributed by atoms with Gasteiger partial charge >= 0.3 is 5.82 Å². The zero-order valence-corrected chi connectivity index (χ0v) is 9.27. The lowest BCUT2D eigenvalue weighted by molar-refractivity contribution is -0.389. The Hall–Kier alpha value is -1.92. The summed E-state index contributed by atoms with van der Waals surface area (Å²) in [6.45, 7) is 4.23. The van der Waals surface area contributed by atoms with Gasteiger partial charge in [0.2, 0.25) is 5.91 Å². The number of aromatic nitrogens is 2. The summed E-state index contributed by atoms with van der Waals surface area (Å²) in [7, 11) is 0. The highest BCUT2D eigenvalue weighted by Gasteiger charge is 2.16. The molecule has 16 heavy (non-hydrogen) atoms. The third-order valence-corrected chi connectivity index (χ3v) is 2.02. The molecule has 0 aliphatic heterocycles. The average Bonchev–Trinajstić information content (AvgIpc) is 2.57. The molecule has 1 rings (SSSR count). The summed E-state index contributed by atoms with van der Waals surface area (Å²) in [6.07, 6.45) is 0.851. The summed E-state index contributed by atoms with van der Waals surface area (Å²) in [4.78, 5) is 21.2. The van der Waals surface area contributed by atoms with Gasteiger partial charge in [-0.2, -0.15) is 4.68 Å². The van der Waals surface area contributed by atoms with E-state index >= 15 is 0 Å². The van der Waals surface area contributed by atoms with E-state index in [0.29, 0.717) is 12.2 Å². The van der Waals surface area contributed by atoms with Gasteiger partial charge in [-0.15, -0.1) is 0 Å². The van der Waals surface area contributed by atoms with Crippen molar-refractivity contribution in [3.05, 3.63) is 21.9 Å². The molecule has 0 saturated heterocycles. The van der Waals surface area contributed by atoms with E-state index in [9.17, 15) is 14.9 Å². The average molecular weight is 226 g/mol. The molecule has 1 aromatic heterocycles. The molecule has 0 spiro atoms. The van der Waals surface area contributed by atoms with Crippen molar-refractivity contribution in [2.75, 3.05) is 6.54 Å². The van der Waals surface area contributed by atoms with Gasteiger partial charge in [0.1, 0.15) is 6.54 Å². The van der Waals surface area contributed by atoms with Crippen molar-refractivity contribution in [1.29, 1.82) is 0 Å². The van der Waals surface area contributed by atoms with Crippen molar-refractivity contribution >= 4 is 11.7 Å². The first-order valence-corrected chi connectivity index (χ1v) is 5.00. The molecule has 1 amide bonds. The molecule has 0 aliphatic rings. The van der Waals surface area contributed by atoms with Crippen molar-refractivity contribution in [1.82, 2.24) is 15.1 Å². The Kier molecular flexibility index (Phi) is 3.98. The molecule has 0 atom stereocenters. The molecule has 1 N–H and O–H groups in total. The Bertz CT molecular complexity index is 399. The maximum Gasteiger partial charge on any atom is 0.390 e. The van der Waals surface area contributed by atoms with E-state index in [1.54, 1.807) is 6.92 Å². The first-order chi connectivity index (χ1) is 7.54. The second-order valence-corrected chi connectivity index (χ2v) is 3.41. The van der Waals surface area contributed by atoms with Crippen molar-refractivity contribution in [3.8, 4) is 0 Å². The van der Waals surface area contributed by atoms with E-state index in [1.165, 1.54) is 10.7 Å². The number of nitro groups is 1. The van der Waals surface area contributed by atoms with Gasteiger partial charge in [-0.1, -0.05) is 6.92 Å². The molecule has 0 aliphatic carbocycles. The second kappa shape index (κ2) is 5.24. The monoisotopic (exact) mass is 226 g/mol. The zero-order chi connectivity index (χ0) is 12.1. The Balaban J connectivity index is 2.66. The lowest BCUT2D eigenvalue weighted by Gasteiger charge is -2.01. The van der Waals surface area contributed by atoms with Gasteiger partial charge in [-0.3, -0.25) is 4.79 Å². The van der Waals surface area contributed by atoms with Crippen LogP contribution in [-0.2, 0) is 11.3 Å². The molecule has 0 saturated carbocycles. The number of nitrogens with one attached hydrogen (secondary N) is 1. The molecule has 1 aromatic rings. The van der Waals surface area contributed by atoms with Crippen LogP contribution < -0.4 is 5.32 Å². The number of nitrogens with zero attached hydrogens (tertiary/aromatic N) is 3. The highest BCUT2D eigenvalue weighted by Crippen LogP contribution is 2.10. The molecule has 0 unspecified atom stereocenters. The van der Waals surface area contributed by atoms with E-state index in [-0.39, 0.29) is 18.3 Å². The summed E-state index contributed by atoms with van der Waals surface area (Å²) in [6, 6.07) is 1.34. The normalized spacial score (nSPS) is 10.1. The standard InChI is InChI=1S/C9H14N4O3/c1-3-4-10-9(14)6-12-7(2)5-8(11-12)13(15)16/h5H,3-4,6H2,1-2H3,(H,10,14). The van der Waals surface area contributed by atoms with E-state index in [0.717, 1.165) is 6.42 Å². The Morgan fingerprint density at radius 1 is 1.69 bits per heavy atom. The fourth-order valence-corrected chi connectivity index (χ4v) is 1.20. The number of carbonyl (C=O) groups excluding carboxylic acids is 1. The largest absolute Gasteiger partial charge is 0.390 e. The molecule has 0 radical (unpaired) electrons. The molecule has 1 heterocycles. The third-order valence-electron chi connectivity index (χ3n) is 2.02. The van der Waals surface area contributed by atoms with Crippen LogP contribution in [0.15, 0.2) is 6.07 Å². The van der Waals surface area contributed by atoms with Crippen LogP contribution in [0, 0.1) is 17.0 Å². The number of hydrogen-bond donors (Lipinski definition) is 1. The minimum atomic E-state index is -0.576. The van der Waals surface area contributed by atoms with E-state index in [2.05, 4.69) is 10.4 Å². The van der Waals surface area contributed by atoms with Gasteiger partial charge in [0.15, 0.2) is 0 Å². The van der Waals surface area contributed by atoms with Crippen molar-refractivity contribution in [2.45, 2.75) is 26.8 Å². The number of rotatable bonds is 5. The lowest BCUT2D eigenvalue weighted by atomic mass is 10.4. The van der Waals surface area contributed by atoms with Crippen LogP contribution in [0.5, 0.6) is 0 Å². The van der Waals surface area contributed by atoms with E-state index < -0.39 is 4.92 Å². The molecular formula is C9H14N4O3. The van der Waals surface area contributed by atoms with Crippen LogP contribution in [0.4, 0.5) is 5.82 Å². The first kappa shape index (κ1) is 12.2. The first-order valence-electron chi connectivity index (χ1n) is 5.00. The maximum atomic E-state index is 11.4. The maximum absolute atomic E-state index is 11.4. The van der Waals surface area contributed by atoms with E-state index in [4.69, 9.17) is 0 Å². The Morgan fingerprint density at radius 3 is 2.88 bits per heavy atom. The molecule has 0 aromatic carbocycles. The number of amides is 1. The van der Waals surface area contributed by atoms with Crippen LogP contribution in [0.25, 0.3) is 0 Å². The van der Waals surface area contributed by atoms with Gasteiger partial charge in [0, 0.05) is 6.54 Å². The SMILES string of the molecule is CCCNC(=O)Cn1nc([N+](=O)[O-])cc1C. The van der Waals surface area contributed by atoms with Crippen LogP contribution in [0.3, 0.4) is 0 Å². The molecular weight excluding hydrogens is 212 g/mol. The summed E-state index contributed by atoms with van der Waals surface area (Å²) in [5.41, 5.74) is 0.596. The summed E-state index contributed by atoms with van der Waals surface area (Å²) >= 11 is 0. The number of aryl methyl sites for hydroxylation is 1. The van der Waals surface area contributed by atoms with Crippen LogP contribution in [0.2, 0.25) is 0 Å². The summed E-state index contributed by atoms with van der Waals surface area (Å²) in [5, 5.41) is 16.8. The van der Waals surface area contributed by atoms with Gasteiger partial charge in [0.05, 0.1) is 16.9 Å². The van der Waals surface area contributed by atoms with E-state index in [1.807, 2.05) is 6.92 Å².